The molecule has 0 saturated carbocycles. The number of furan rings is 1. The van der Waals surface area contributed by atoms with Crippen LogP contribution in [0.25, 0.3) is 11.0 Å². The molecule has 0 fully saturated rings. The van der Waals surface area contributed by atoms with E-state index in [0.29, 0.717) is 20.8 Å². The first-order valence-electron chi connectivity index (χ1n) is 7.01. The minimum absolute atomic E-state index is 0.127. The number of nitrogens with zero attached hydrogens (tertiary/aromatic N) is 2. The first kappa shape index (κ1) is 17.2. The van der Waals surface area contributed by atoms with Gasteiger partial charge in [-0.15, -0.1) is 10.2 Å². The fourth-order valence-electron chi connectivity index (χ4n) is 1.97. The average molecular weight is 379 g/mol. The van der Waals surface area contributed by atoms with Crippen molar-refractivity contribution in [2.75, 3.05) is 25.3 Å². The molecule has 0 aliphatic rings. The summed E-state index contributed by atoms with van der Waals surface area (Å²) in [7, 11) is 2.85. The van der Waals surface area contributed by atoms with E-state index in [1.165, 1.54) is 26.0 Å². The molecule has 2 aromatic heterocycles. The van der Waals surface area contributed by atoms with Crippen molar-refractivity contribution >= 4 is 51.1 Å². The molecule has 8 nitrogen and oxygen atoms in total. The molecule has 1 amide bonds. The van der Waals surface area contributed by atoms with Crippen LogP contribution in [0.4, 0.5) is 5.13 Å². The maximum absolute atomic E-state index is 12.3. The number of ether oxygens (including phenoxy) is 2. The molecular formula is C15H13N3O5S2. The molecule has 2 heterocycles. The third-order valence-corrected chi connectivity index (χ3v) is 5.07. The van der Waals surface area contributed by atoms with Crippen molar-refractivity contribution in [2.24, 2.45) is 0 Å². The highest BCUT2D eigenvalue weighted by molar-refractivity contribution is 8.01. The largest absolute Gasteiger partial charge is 0.493 e. The van der Waals surface area contributed by atoms with Gasteiger partial charge < -0.3 is 13.9 Å². The fourth-order valence-corrected chi connectivity index (χ4v) is 3.55. The van der Waals surface area contributed by atoms with E-state index in [1.807, 2.05) is 12.1 Å². The minimum Gasteiger partial charge on any atom is -0.493 e. The number of nitrogens with one attached hydrogen (secondary N) is 1. The minimum atomic E-state index is -0.445. The number of carbonyl (C=O) groups is 2. The van der Waals surface area contributed by atoms with Gasteiger partial charge in [-0.25, -0.2) is 0 Å². The highest BCUT2D eigenvalue weighted by Gasteiger charge is 2.17. The van der Waals surface area contributed by atoms with Crippen LogP contribution < -0.4 is 10.1 Å². The Labute approximate surface area is 150 Å². The molecule has 25 heavy (non-hydrogen) atoms. The second kappa shape index (κ2) is 7.53. The number of anilines is 1. The van der Waals surface area contributed by atoms with Gasteiger partial charge in [0.05, 0.1) is 20.0 Å². The summed E-state index contributed by atoms with van der Waals surface area (Å²) in [6.45, 7) is 0. The number of methoxy groups -OCH3 is 2. The summed E-state index contributed by atoms with van der Waals surface area (Å²) in [4.78, 5) is 23.4. The van der Waals surface area contributed by atoms with Gasteiger partial charge in [-0.2, -0.15) is 0 Å². The third-order valence-electron chi connectivity index (χ3n) is 3.12. The van der Waals surface area contributed by atoms with Crippen molar-refractivity contribution in [1.29, 1.82) is 0 Å². The Bertz CT molecular complexity index is 921. The molecule has 0 spiro atoms. The van der Waals surface area contributed by atoms with Gasteiger partial charge in [0.25, 0.3) is 5.91 Å². The van der Waals surface area contributed by atoms with E-state index < -0.39 is 5.91 Å². The zero-order valence-electron chi connectivity index (χ0n) is 13.3. The number of rotatable bonds is 6. The number of thioether (sulfide) groups is 1. The van der Waals surface area contributed by atoms with Gasteiger partial charge in [0.15, 0.2) is 21.4 Å². The van der Waals surface area contributed by atoms with Crippen LogP contribution >= 0.6 is 23.1 Å². The van der Waals surface area contributed by atoms with Gasteiger partial charge in [0.1, 0.15) is 0 Å². The number of amides is 1. The van der Waals surface area contributed by atoms with Gasteiger partial charge >= 0.3 is 5.97 Å². The van der Waals surface area contributed by atoms with Gasteiger partial charge in [0.2, 0.25) is 5.13 Å². The number of hydrogen-bond acceptors (Lipinski definition) is 9. The molecule has 0 aliphatic heterocycles. The summed E-state index contributed by atoms with van der Waals surface area (Å²) in [6.07, 6.45) is 0. The van der Waals surface area contributed by atoms with Crippen molar-refractivity contribution < 1.29 is 23.5 Å². The second-order valence-corrected chi connectivity index (χ2v) is 6.88. The smallest absolute Gasteiger partial charge is 0.316 e. The predicted octanol–water partition coefficient (Wildman–Crippen LogP) is 2.81. The zero-order valence-corrected chi connectivity index (χ0v) is 14.9. The van der Waals surface area contributed by atoms with Gasteiger partial charge in [-0.3, -0.25) is 14.9 Å². The lowest BCUT2D eigenvalue weighted by atomic mass is 10.2. The summed E-state index contributed by atoms with van der Waals surface area (Å²) in [6, 6.07) is 7.02. The molecule has 10 heteroatoms. The maximum Gasteiger partial charge on any atom is 0.316 e. The van der Waals surface area contributed by atoms with Crippen molar-refractivity contribution in [2.45, 2.75) is 4.34 Å². The van der Waals surface area contributed by atoms with Crippen LogP contribution in [0.15, 0.2) is 33.0 Å². The number of esters is 1. The molecule has 0 aliphatic carbocycles. The number of carbonyl (C=O) groups excluding carboxylic acids is 2. The first-order chi connectivity index (χ1) is 12.1. The molecule has 130 valence electrons. The molecule has 1 aromatic carbocycles. The number of fused-ring (bicyclic) bond motifs is 1. The Morgan fingerprint density at radius 2 is 2.16 bits per heavy atom. The van der Waals surface area contributed by atoms with E-state index in [0.717, 1.165) is 16.7 Å². The topological polar surface area (TPSA) is 104 Å². The molecular weight excluding hydrogens is 366 g/mol. The lowest BCUT2D eigenvalue weighted by Crippen LogP contribution is -2.10. The van der Waals surface area contributed by atoms with Gasteiger partial charge in [0, 0.05) is 5.39 Å². The Morgan fingerprint density at radius 3 is 2.92 bits per heavy atom. The van der Waals surface area contributed by atoms with Crippen LogP contribution in [-0.2, 0) is 9.53 Å². The van der Waals surface area contributed by atoms with Crippen LogP contribution in [-0.4, -0.2) is 42.0 Å². The SMILES string of the molecule is COC(=O)CSc1nnc(NC(=O)c2cc3cccc(OC)c3o2)s1. The zero-order chi connectivity index (χ0) is 17.8. The molecule has 0 atom stereocenters. The Hall–Kier alpha value is -2.59. The molecule has 1 N–H and O–H groups in total. The Kier molecular flexibility index (Phi) is 5.19. The van der Waals surface area contributed by atoms with Crippen molar-refractivity contribution in [3.63, 3.8) is 0 Å². The van der Waals surface area contributed by atoms with E-state index in [4.69, 9.17) is 9.15 Å². The number of benzene rings is 1. The maximum atomic E-state index is 12.3. The average Bonchev–Trinajstić information content (AvgIpc) is 3.25. The van der Waals surface area contributed by atoms with E-state index in [2.05, 4.69) is 20.3 Å². The highest BCUT2D eigenvalue weighted by atomic mass is 32.2. The molecule has 0 saturated heterocycles. The second-order valence-electron chi connectivity index (χ2n) is 4.68. The fraction of sp³-hybridized carbons (Fsp3) is 0.200. The summed E-state index contributed by atoms with van der Waals surface area (Å²) >= 11 is 2.34. The van der Waals surface area contributed by atoms with Crippen LogP contribution in [0.1, 0.15) is 10.6 Å². The van der Waals surface area contributed by atoms with E-state index in [1.54, 1.807) is 12.1 Å². The van der Waals surface area contributed by atoms with Crippen LogP contribution in [0.2, 0.25) is 0 Å². The van der Waals surface area contributed by atoms with Crippen LogP contribution in [0.3, 0.4) is 0 Å². The Balaban J connectivity index is 1.70. The van der Waals surface area contributed by atoms with E-state index in [9.17, 15) is 9.59 Å². The molecule has 3 rings (SSSR count). The van der Waals surface area contributed by atoms with Crippen molar-refractivity contribution in [3.8, 4) is 5.75 Å². The molecule has 0 unspecified atom stereocenters. The predicted molar refractivity (Wildman–Crippen MR) is 93.4 cm³/mol. The number of aromatic nitrogens is 2. The standard InChI is InChI=1S/C15H13N3O5S2/c1-21-9-5-3-4-8-6-10(23-12(8)9)13(20)16-14-17-18-15(25-14)24-7-11(19)22-2/h3-6H,7H2,1-2H3,(H,16,17,20). The first-order valence-corrected chi connectivity index (χ1v) is 8.82. The number of hydrogen-bond donors (Lipinski definition) is 1. The molecule has 0 radical (unpaired) electrons. The molecule has 0 bridgehead atoms. The van der Waals surface area contributed by atoms with Gasteiger partial charge in [-0.1, -0.05) is 35.2 Å². The van der Waals surface area contributed by atoms with Crippen molar-refractivity contribution in [1.82, 2.24) is 10.2 Å². The lowest BCUT2D eigenvalue weighted by Gasteiger charge is -1.99. The summed E-state index contributed by atoms with van der Waals surface area (Å²) in [5.41, 5.74) is 0.502. The third kappa shape index (κ3) is 3.91. The highest BCUT2D eigenvalue weighted by Crippen LogP contribution is 2.30. The quantitative estimate of drug-likeness (QED) is 0.396. The van der Waals surface area contributed by atoms with Crippen LogP contribution in [0.5, 0.6) is 5.75 Å². The van der Waals surface area contributed by atoms with E-state index in [-0.39, 0.29) is 17.5 Å². The summed E-state index contributed by atoms with van der Waals surface area (Å²) in [5, 5.41) is 11.5. The number of para-hydroxylation sites is 1. The van der Waals surface area contributed by atoms with Gasteiger partial charge in [-0.05, 0) is 12.1 Å². The molecule has 3 aromatic rings. The van der Waals surface area contributed by atoms with E-state index >= 15 is 0 Å². The van der Waals surface area contributed by atoms with Crippen molar-refractivity contribution in [3.05, 3.63) is 30.0 Å². The normalized spacial score (nSPS) is 10.6. The lowest BCUT2D eigenvalue weighted by molar-refractivity contribution is -0.137. The monoisotopic (exact) mass is 379 g/mol. The summed E-state index contributed by atoms with van der Waals surface area (Å²) in [5.74, 6) is 0.0102. The summed E-state index contributed by atoms with van der Waals surface area (Å²) < 4.78 is 15.9. The Morgan fingerprint density at radius 1 is 1.32 bits per heavy atom. The van der Waals surface area contributed by atoms with Crippen LogP contribution in [0, 0.1) is 0 Å².